The van der Waals surface area contributed by atoms with E-state index in [0.717, 1.165) is 17.1 Å². The number of aromatic amines is 1. The van der Waals surface area contributed by atoms with Crippen LogP contribution in [0.25, 0.3) is 11.4 Å². The third kappa shape index (κ3) is 1.05. The highest BCUT2D eigenvalue weighted by molar-refractivity contribution is 5.57. The molecule has 5 nitrogen and oxygen atoms in total. The minimum Gasteiger partial charge on any atom is -0.382 e. The molecule has 0 saturated heterocycles. The molecule has 0 unspecified atom stereocenters. The number of anilines is 1. The van der Waals surface area contributed by atoms with Gasteiger partial charge in [0, 0.05) is 12.1 Å². The molecule has 0 amide bonds. The summed E-state index contributed by atoms with van der Waals surface area (Å²) < 4.78 is 4.89. The maximum atomic E-state index is 5.42. The largest absolute Gasteiger partial charge is 0.382 e. The van der Waals surface area contributed by atoms with Gasteiger partial charge in [0.1, 0.15) is 17.3 Å². The molecule has 3 N–H and O–H groups in total. The Balaban J connectivity index is 2.43. The lowest BCUT2D eigenvalue weighted by Gasteiger charge is -1.82. The maximum absolute atomic E-state index is 5.42. The fraction of sp³-hybridized carbons (Fsp3) is 0.143. The van der Waals surface area contributed by atoms with Gasteiger partial charge in [-0.1, -0.05) is 5.16 Å². The highest BCUT2D eigenvalue weighted by atomic mass is 16.5. The normalized spacial score (nSPS) is 10.4. The molecule has 0 saturated carbocycles. The molecule has 2 rings (SSSR count). The SMILES string of the molecule is Cc1cc(-c2cc(N)n[nH]2)no1. The second-order valence-corrected chi connectivity index (χ2v) is 2.53. The predicted octanol–water partition coefficient (Wildman–Crippen LogP) is 0.955. The highest BCUT2D eigenvalue weighted by Crippen LogP contribution is 2.17. The zero-order valence-corrected chi connectivity index (χ0v) is 6.53. The van der Waals surface area contributed by atoms with Crippen molar-refractivity contribution in [3.05, 3.63) is 17.9 Å². The number of nitrogens with one attached hydrogen (secondary N) is 1. The Morgan fingerprint density at radius 1 is 1.50 bits per heavy atom. The van der Waals surface area contributed by atoms with E-state index in [1.54, 1.807) is 6.07 Å². The zero-order chi connectivity index (χ0) is 8.55. The van der Waals surface area contributed by atoms with Crippen LogP contribution in [0.1, 0.15) is 5.76 Å². The van der Waals surface area contributed by atoms with Crippen LogP contribution in [0.4, 0.5) is 5.82 Å². The van der Waals surface area contributed by atoms with Gasteiger partial charge in [-0.2, -0.15) is 5.10 Å². The van der Waals surface area contributed by atoms with Gasteiger partial charge >= 0.3 is 0 Å². The molecule has 2 aromatic heterocycles. The minimum absolute atomic E-state index is 0.450. The van der Waals surface area contributed by atoms with Crippen molar-refractivity contribution in [1.82, 2.24) is 15.4 Å². The number of nitrogens with two attached hydrogens (primary N) is 1. The van der Waals surface area contributed by atoms with Crippen molar-refractivity contribution in [3.63, 3.8) is 0 Å². The number of hydrogen-bond donors (Lipinski definition) is 2. The number of aryl methyl sites for hydroxylation is 1. The Kier molecular flexibility index (Phi) is 1.36. The molecule has 62 valence electrons. The summed E-state index contributed by atoms with van der Waals surface area (Å²) in [7, 11) is 0. The molecule has 0 atom stereocenters. The van der Waals surface area contributed by atoms with Gasteiger partial charge in [0.05, 0.1) is 5.69 Å². The van der Waals surface area contributed by atoms with E-state index in [2.05, 4.69) is 15.4 Å². The van der Waals surface area contributed by atoms with Crippen LogP contribution in [0.15, 0.2) is 16.7 Å². The van der Waals surface area contributed by atoms with E-state index in [1.807, 2.05) is 13.0 Å². The molecule has 12 heavy (non-hydrogen) atoms. The van der Waals surface area contributed by atoms with E-state index in [9.17, 15) is 0 Å². The Morgan fingerprint density at radius 3 is 2.83 bits per heavy atom. The van der Waals surface area contributed by atoms with Gasteiger partial charge in [-0.3, -0.25) is 5.10 Å². The first-order valence-electron chi connectivity index (χ1n) is 3.50. The van der Waals surface area contributed by atoms with E-state index in [-0.39, 0.29) is 0 Å². The Bertz CT molecular complexity index is 351. The van der Waals surface area contributed by atoms with Crippen LogP contribution < -0.4 is 5.73 Å². The van der Waals surface area contributed by atoms with Crippen molar-refractivity contribution in [3.8, 4) is 11.4 Å². The molecule has 0 radical (unpaired) electrons. The zero-order valence-electron chi connectivity index (χ0n) is 6.53. The average molecular weight is 164 g/mol. The van der Waals surface area contributed by atoms with Gasteiger partial charge in [-0.05, 0) is 6.92 Å². The Labute approximate surface area is 68.6 Å². The van der Waals surface area contributed by atoms with E-state index in [4.69, 9.17) is 10.3 Å². The van der Waals surface area contributed by atoms with Crippen molar-refractivity contribution < 1.29 is 4.52 Å². The van der Waals surface area contributed by atoms with Crippen LogP contribution in [0.3, 0.4) is 0 Å². The third-order valence-corrected chi connectivity index (χ3v) is 1.50. The van der Waals surface area contributed by atoms with Crippen LogP contribution in [-0.2, 0) is 0 Å². The molecule has 0 aromatic carbocycles. The third-order valence-electron chi connectivity index (χ3n) is 1.50. The minimum atomic E-state index is 0.450. The number of aromatic nitrogens is 3. The van der Waals surface area contributed by atoms with Crippen molar-refractivity contribution in [2.24, 2.45) is 0 Å². The standard InChI is InChI=1S/C7H8N4O/c1-4-2-6(11-12-4)5-3-7(8)10-9-5/h2-3H,1H3,(H3,8,9,10). The lowest BCUT2D eigenvalue weighted by Crippen LogP contribution is -1.81. The topological polar surface area (TPSA) is 80.7 Å². The average Bonchev–Trinajstić information content (AvgIpc) is 2.58. The quantitative estimate of drug-likeness (QED) is 0.657. The number of H-pyrrole nitrogens is 1. The Hall–Kier alpha value is -1.78. The van der Waals surface area contributed by atoms with Gasteiger partial charge in [0.15, 0.2) is 0 Å². The van der Waals surface area contributed by atoms with Crippen LogP contribution in [0.2, 0.25) is 0 Å². The number of nitrogens with zero attached hydrogens (tertiary/aromatic N) is 2. The summed E-state index contributed by atoms with van der Waals surface area (Å²) in [4.78, 5) is 0. The van der Waals surface area contributed by atoms with Crippen molar-refractivity contribution in [2.45, 2.75) is 6.92 Å². The first-order chi connectivity index (χ1) is 5.75. The van der Waals surface area contributed by atoms with Crippen molar-refractivity contribution >= 4 is 5.82 Å². The summed E-state index contributed by atoms with van der Waals surface area (Å²) in [6.45, 7) is 1.83. The summed E-state index contributed by atoms with van der Waals surface area (Å²) >= 11 is 0. The van der Waals surface area contributed by atoms with E-state index >= 15 is 0 Å². The molecule has 0 aliphatic heterocycles. The van der Waals surface area contributed by atoms with Crippen LogP contribution in [0.5, 0.6) is 0 Å². The van der Waals surface area contributed by atoms with Gasteiger partial charge in [-0.15, -0.1) is 0 Å². The highest BCUT2D eigenvalue weighted by Gasteiger charge is 2.05. The molecule has 5 heteroatoms. The first-order valence-corrected chi connectivity index (χ1v) is 3.50. The number of rotatable bonds is 1. The van der Waals surface area contributed by atoms with Gasteiger partial charge < -0.3 is 10.3 Å². The summed E-state index contributed by atoms with van der Waals surface area (Å²) in [6, 6.07) is 3.52. The molecule has 0 fully saturated rings. The summed E-state index contributed by atoms with van der Waals surface area (Å²) in [5.41, 5.74) is 6.91. The van der Waals surface area contributed by atoms with Crippen molar-refractivity contribution in [2.75, 3.05) is 5.73 Å². The summed E-state index contributed by atoms with van der Waals surface area (Å²) in [6.07, 6.45) is 0. The van der Waals surface area contributed by atoms with Crippen LogP contribution in [-0.4, -0.2) is 15.4 Å². The van der Waals surface area contributed by atoms with Gasteiger partial charge in [0.2, 0.25) is 0 Å². The lowest BCUT2D eigenvalue weighted by molar-refractivity contribution is 0.399. The van der Waals surface area contributed by atoms with E-state index < -0.39 is 0 Å². The smallest absolute Gasteiger partial charge is 0.145 e. The van der Waals surface area contributed by atoms with Crippen LogP contribution >= 0.6 is 0 Å². The molecule has 0 aliphatic rings. The molecule has 0 aliphatic carbocycles. The molecule has 0 spiro atoms. The monoisotopic (exact) mass is 164 g/mol. The number of hydrogen-bond acceptors (Lipinski definition) is 4. The van der Waals surface area contributed by atoms with E-state index in [1.165, 1.54) is 0 Å². The predicted molar refractivity (Wildman–Crippen MR) is 43.2 cm³/mol. The first kappa shape index (κ1) is 6.90. The summed E-state index contributed by atoms with van der Waals surface area (Å²) in [5.74, 6) is 1.21. The molecular formula is C7H8N4O. The molecule has 0 bridgehead atoms. The van der Waals surface area contributed by atoms with Crippen LogP contribution in [0, 0.1) is 6.92 Å². The fourth-order valence-corrected chi connectivity index (χ4v) is 0.962. The second-order valence-electron chi connectivity index (χ2n) is 2.53. The van der Waals surface area contributed by atoms with Crippen molar-refractivity contribution in [1.29, 1.82) is 0 Å². The fourth-order valence-electron chi connectivity index (χ4n) is 0.962. The molecular weight excluding hydrogens is 156 g/mol. The molecule has 2 aromatic rings. The maximum Gasteiger partial charge on any atom is 0.145 e. The second kappa shape index (κ2) is 2.37. The van der Waals surface area contributed by atoms with Gasteiger partial charge in [0.25, 0.3) is 0 Å². The summed E-state index contributed by atoms with van der Waals surface area (Å²) in [5, 5.41) is 10.3. The molecule has 2 heterocycles. The lowest BCUT2D eigenvalue weighted by atomic mass is 10.3. The Morgan fingerprint density at radius 2 is 2.33 bits per heavy atom. The van der Waals surface area contributed by atoms with Gasteiger partial charge in [-0.25, -0.2) is 0 Å². The van der Waals surface area contributed by atoms with E-state index in [0.29, 0.717) is 5.82 Å². The number of nitrogen functional groups attached to an aromatic ring is 1.